The number of halogens is 1. The summed E-state index contributed by atoms with van der Waals surface area (Å²) in [6.07, 6.45) is 1.26. The van der Waals surface area contributed by atoms with Crippen molar-refractivity contribution in [3.63, 3.8) is 0 Å². The molecule has 1 aromatic carbocycles. The molecule has 2 rings (SSSR count). The first kappa shape index (κ1) is 9.02. The predicted molar refractivity (Wildman–Crippen MR) is 51.3 cm³/mol. The number of methoxy groups -OCH3 is 1. The summed E-state index contributed by atoms with van der Waals surface area (Å²) in [5.41, 5.74) is 0.694. The van der Waals surface area contributed by atoms with Gasteiger partial charge in [0.15, 0.2) is 0 Å². The summed E-state index contributed by atoms with van der Waals surface area (Å²) in [4.78, 5) is 3.90. The third-order valence-corrected chi connectivity index (χ3v) is 2.18. The number of ether oxygens (including phenoxy) is 1. The largest absolute Gasteiger partial charge is 0.495 e. The molecular formula is C9H7ClN2O2. The average Bonchev–Trinajstić information content (AvgIpc) is 2.71. The maximum Gasteiger partial charge on any atom is 0.214 e. The molecule has 0 aliphatic heterocycles. The van der Waals surface area contributed by atoms with Crippen LogP contribution < -0.4 is 4.74 Å². The standard InChI is InChI=1S/C9H7ClN2O2/c1-13-7-4-2-3-6(8(7)10)9-11-5-14-12-9/h2-5H,1H3. The molecule has 2 aromatic rings. The Kier molecular flexibility index (Phi) is 2.37. The van der Waals surface area contributed by atoms with E-state index in [0.717, 1.165) is 0 Å². The van der Waals surface area contributed by atoms with Crippen LogP contribution in [-0.4, -0.2) is 17.3 Å². The Labute approximate surface area is 85.5 Å². The van der Waals surface area contributed by atoms with Crippen LogP contribution in [0.1, 0.15) is 0 Å². The molecule has 0 radical (unpaired) electrons. The van der Waals surface area contributed by atoms with Gasteiger partial charge in [0.2, 0.25) is 12.2 Å². The summed E-state index contributed by atoms with van der Waals surface area (Å²) >= 11 is 6.05. The molecule has 0 aliphatic rings. The first-order valence-electron chi connectivity index (χ1n) is 3.92. The Morgan fingerprint density at radius 2 is 2.29 bits per heavy atom. The van der Waals surface area contributed by atoms with Crippen molar-refractivity contribution in [1.29, 1.82) is 0 Å². The van der Waals surface area contributed by atoms with Crippen LogP contribution in [0.5, 0.6) is 5.75 Å². The van der Waals surface area contributed by atoms with E-state index in [1.807, 2.05) is 6.07 Å². The van der Waals surface area contributed by atoms with E-state index >= 15 is 0 Å². The quantitative estimate of drug-likeness (QED) is 0.764. The molecule has 0 aliphatic carbocycles. The van der Waals surface area contributed by atoms with E-state index in [1.54, 1.807) is 19.2 Å². The van der Waals surface area contributed by atoms with Crippen LogP contribution in [0.4, 0.5) is 0 Å². The summed E-state index contributed by atoms with van der Waals surface area (Å²) in [6.45, 7) is 0. The minimum Gasteiger partial charge on any atom is -0.495 e. The molecule has 1 heterocycles. The van der Waals surface area contributed by atoms with Gasteiger partial charge in [0.25, 0.3) is 0 Å². The fourth-order valence-corrected chi connectivity index (χ4v) is 1.42. The highest BCUT2D eigenvalue weighted by Crippen LogP contribution is 2.33. The summed E-state index contributed by atoms with van der Waals surface area (Å²) in [5.74, 6) is 1.04. The fraction of sp³-hybridized carbons (Fsp3) is 0.111. The number of benzene rings is 1. The molecule has 72 valence electrons. The Hall–Kier alpha value is -1.55. The van der Waals surface area contributed by atoms with Gasteiger partial charge in [0.1, 0.15) is 5.75 Å². The Morgan fingerprint density at radius 3 is 2.93 bits per heavy atom. The maximum atomic E-state index is 6.05. The zero-order valence-corrected chi connectivity index (χ0v) is 8.15. The third-order valence-electron chi connectivity index (χ3n) is 1.79. The van der Waals surface area contributed by atoms with E-state index in [-0.39, 0.29) is 0 Å². The molecule has 5 heteroatoms. The van der Waals surface area contributed by atoms with Crippen LogP contribution in [0.15, 0.2) is 29.1 Å². The number of hydrogen-bond donors (Lipinski definition) is 0. The molecular weight excluding hydrogens is 204 g/mol. The molecule has 0 N–H and O–H groups in total. The number of nitrogens with zero attached hydrogens (tertiary/aromatic N) is 2. The first-order valence-corrected chi connectivity index (χ1v) is 4.30. The lowest BCUT2D eigenvalue weighted by Gasteiger charge is -2.04. The zero-order valence-electron chi connectivity index (χ0n) is 7.40. The lowest BCUT2D eigenvalue weighted by Crippen LogP contribution is -1.87. The van der Waals surface area contributed by atoms with Gasteiger partial charge in [-0.2, -0.15) is 4.98 Å². The molecule has 0 atom stereocenters. The van der Waals surface area contributed by atoms with Gasteiger partial charge in [0.05, 0.1) is 12.1 Å². The molecule has 14 heavy (non-hydrogen) atoms. The Balaban J connectivity index is 2.54. The van der Waals surface area contributed by atoms with Crippen LogP contribution >= 0.6 is 11.6 Å². The van der Waals surface area contributed by atoms with E-state index in [1.165, 1.54) is 6.39 Å². The van der Waals surface area contributed by atoms with Crippen LogP contribution in [0.25, 0.3) is 11.4 Å². The molecule has 0 spiro atoms. The lowest BCUT2D eigenvalue weighted by molar-refractivity contribution is 0.414. The molecule has 0 amide bonds. The highest BCUT2D eigenvalue weighted by Gasteiger charge is 2.11. The topological polar surface area (TPSA) is 48.2 Å². The normalized spacial score (nSPS) is 10.1. The monoisotopic (exact) mass is 210 g/mol. The average molecular weight is 211 g/mol. The molecule has 4 nitrogen and oxygen atoms in total. The van der Waals surface area contributed by atoms with E-state index in [4.69, 9.17) is 16.3 Å². The molecule has 0 saturated carbocycles. The van der Waals surface area contributed by atoms with Gasteiger partial charge in [-0.15, -0.1) is 0 Å². The van der Waals surface area contributed by atoms with Crippen molar-refractivity contribution < 1.29 is 9.26 Å². The van der Waals surface area contributed by atoms with Gasteiger partial charge in [0, 0.05) is 5.56 Å². The van der Waals surface area contributed by atoms with Crippen molar-refractivity contribution in [3.8, 4) is 17.1 Å². The van der Waals surface area contributed by atoms with Crippen LogP contribution in [0.2, 0.25) is 5.02 Å². The molecule has 0 saturated heterocycles. The van der Waals surface area contributed by atoms with E-state index in [9.17, 15) is 0 Å². The number of aromatic nitrogens is 2. The molecule has 0 bridgehead atoms. The Morgan fingerprint density at radius 1 is 1.43 bits per heavy atom. The van der Waals surface area contributed by atoms with Gasteiger partial charge in [-0.05, 0) is 12.1 Å². The number of rotatable bonds is 2. The maximum absolute atomic E-state index is 6.05. The van der Waals surface area contributed by atoms with E-state index in [0.29, 0.717) is 22.2 Å². The summed E-state index contributed by atoms with van der Waals surface area (Å²) in [5, 5.41) is 4.18. The fourth-order valence-electron chi connectivity index (χ4n) is 1.13. The van der Waals surface area contributed by atoms with Gasteiger partial charge in [-0.25, -0.2) is 0 Å². The second-order valence-corrected chi connectivity index (χ2v) is 2.95. The SMILES string of the molecule is COc1cccc(-c2ncon2)c1Cl. The predicted octanol–water partition coefficient (Wildman–Crippen LogP) is 2.40. The molecule has 0 fully saturated rings. The summed E-state index contributed by atoms with van der Waals surface area (Å²) < 4.78 is 9.70. The third kappa shape index (κ3) is 1.44. The zero-order chi connectivity index (χ0) is 9.97. The number of hydrogen-bond acceptors (Lipinski definition) is 4. The van der Waals surface area contributed by atoms with Gasteiger partial charge >= 0.3 is 0 Å². The van der Waals surface area contributed by atoms with Crippen LogP contribution in [0, 0.1) is 0 Å². The summed E-state index contributed by atoms with van der Waals surface area (Å²) in [7, 11) is 1.56. The summed E-state index contributed by atoms with van der Waals surface area (Å²) in [6, 6.07) is 5.39. The smallest absolute Gasteiger partial charge is 0.214 e. The van der Waals surface area contributed by atoms with Crippen molar-refractivity contribution in [2.45, 2.75) is 0 Å². The van der Waals surface area contributed by atoms with Crippen molar-refractivity contribution in [3.05, 3.63) is 29.6 Å². The van der Waals surface area contributed by atoms with Gasteiger partial charge in [-0.1, -0.05) is 22.8 Å². The lowest BCUT2D eigenvalue weighted by atomic mass is 10.2. The second kappa shape index (κ2) is 3.67. The van der Waals surface area contributed by atoms with Crippen molar-refractivity contribution >= 4 is 11.6 Å². The van der Waals surface area contributed by atoms with E-state index in [2.05, 4.69) is 14.7 Å². The Bertz CT molecular complexity index is 428. The minimum atomic E-state index is 0.453. The van der Waals surface area contributed by atoms with Crippen molar-refractivity contribution in [2.24, 2.45) is 0 Å². The molecule has 1 aromatic heterocycles. The molecule has 0 unspecified atom stereocenters. The minimum absolute atomic E-state index is 0.453. The first-order chi connectivity index (χ1) is 6.83. The van der Waals surface area contributed by atoms with Gasteiger partial charge < -0.3 is 9.26 Å². The van der Waals surface area contributed by atoms with Gasteiger partial charge in [-0.3, -0.25) is 0 Å². The van der Waals surface area contributed by atoms with Crippen molar-refractivity contribution in [1.82, 2.24) is 10.1 Å². The second-order valence-electron chi connectivity index (χ2n) is 2.58. The van der Waals surface area contributed by atoms with Crippen LogP contribution in [-0.2, 0) is 0 Å². The van der Waals surface area contributed by atoms with Crippen molar-refractivity contribution in [2.75, 3.05) is 7.11 Å². The highest BCUT2D eigenvalue weighted by molar-refractivity contribution is 6.34. The highest BCUT2D eigenvalue weighted by atomic mass is 35.5. The van der Waals surface area contributed by atoms with Crippen LogP contribution in [0.3, 0.4) is 0 Å². The van der Waals surface area contributed by atoms with E-state index < -0.39 is 0 Å².